The van der Waals surface area contributed by atoms with Gasteiger partial charge < -0.3 is 21.1 Å². The van der Waals surface area contributed by atoms with Gasteiger partial charge in [0.15, 0.2) is 5.96 Å². The Balaban J connectivity index is 2.62. The average Bonchev–Trinajstić information content (AvgIpc) is 2.46. The van der Waals surface area contributed by atoms with E-state index in [9.17, 15) is 4.79 Å². The van der Waals surface area contributed by atoms with Crippen molar-refractivity contribution in [3.63, 3.8) is 0 Å². The van der Waals surface area contributed by atoms with Crippen LogP contribution in [0.15, 0.2) is 29.3 Å². The van der Waals surface area contributed by atoms with Gasteiger partial charge in [-0.3, -0.25) is 4.79 Å². The predicted molar refractivity (Wildman–Crippen MR) is 84.2 cm³/mol. The molecule has 0 aliphatic carbocycles. The fourth-order valence-corrected chi connectivity index (χ4v) is 1.84. The van der Waals surface area contributed by atoms with Crippen LogP contribution < -0.4 is 16.4 Å². The third kappa shape index (κ3) is 6.27. The summed E-state index contributed by atoms with van der Waals surface area (Å²) in [4.78, 5) is 16.0. The number of aliphatic imine (C=N–C) groups is 1. The Bertz CT molecular complexity index is 488. The monoisotopic (exact) mass is 292 g/mol. The molecule has 0 heterocycles. The Morgan fingerprint density at radius 3 is 2.90 bits per heavy atom. The Morgan fingerprint density at radius 2 is 2.24 bits per heavy atom. The van der Waals surface area contributed by atoms with Gasteiger partial charge in [0.2, 0.25) is 0 Å². The van der Waals surface area contributed by atoms with E-state index in [-0.39, 0.29) is 11.9 Å². The quantitative estimate of drug-likeness (QED) is 0.514. The SMILES string of the molecule is CCNC(=O)c1cccc(CN=C(N)NC(C)COC)c1. The second-order valence-corrected chi connectivity index (χ2v) is 4.76. The molecule has 1 aromatic carbocycles. The van der Waals surface area contributed by atoms with Crippen LogP contribution in [0.3, 0.4) is 0 Å². The van der Waals surface area contributed by atoms with Crippen molar-refractivity contribution >= 4 is 11.9 Å². The van der Waals surface area contributed by atoms with Crippen LogP contribution in [-0.2, 0) is 11.3 Å². The van der Waals surface area contributed by atoms with Gasteiger partial charge in [-0.05, 0) is 31.5 Å². The molecule has 0 saturated carbocycles. The number of guanidine groups is 1. The summed E-state index contributed by atoms with van der Waals surface area (Å²) in [5.41, 5.74) is 7.36. The highest BCUT2D eigenvalue weighted by atomic mass is 16.5. The molecule has 0 aliphatic rings. The summed E-state index contributed by atoms with van der Waals surface area (Å²) in [5, 5.41) is 5.80. The molecule has 1 aromatic rings. The molecule has 0 radical (unpaired) electrons. The molecule has 1 unspecified atom stereocenters. The lowest BCUT2D eigenvalue weighted by Gasteiger charge is -2.13. The van der Waals surface area contributed by atoms with E-state index in [0.717, 1.165) is 5.56 Å². The molecule has 0 bridgehead atoms. The van der Waals surface area contributed by atoms with Gasteiger partial charge in [0.25, 0.3) is 5.91 Å². The van der Waals surface area contributed by atoms with E-state index < -0.39 is 0 Å². The van der Waals surface area contributed by atoms with Gasteiger partial charge in [-0.25, -0.2) is 4.99 Å². The maximum atomic E-state index is 11.8. The molecule has 1 amide bonds. The first-order chi connectivity index (χ1) is 10.1. The van der Waals surface area contributed by atoms with Gasteiger partial charge in [-0.15, -0.1) is 0 Å². The van der Waals surface area contributed by atoms with E-state index in [0.29, 0.717) is 31.2 Å². The van der Waals surface area contributed by atoms with Gasteiger partial charge in [0.05, 0.1) is 13.2 Å². The Kier molecular flexibility index (Phi) is 7.25. The molecular formula is C15H24N4O2. The summed E-state index contributed by atoms with van der Waals surface area (Å²) in [6.45, 7) is 5.44. The van der Waals surface area contributed by atoms with E-state index in [1.807, 2.05) is 32.0 Å². The first-order valence-electron chi connectivity index (χ1n) is 6.99. The lowest BCUT2D eigenvalue weighted by atomic mass is 10.1. The number of rotatable bonds is 7. The fourth-order valence-electron chi connectivity index (χ4n) is 1.84. The second-order valence-electron chi connectivity index (χ2n) is 4.76. The molecule has 6 heteroatoms. The number of methoxy groups -OCH3 is 1. The van der Waals surface area contributed by atoms with Gasteiger partial charge in [0, 0.05) is 25.3 Å². The minimum atomic E-state index is -0.0804. The van der Waals surface area contributed by atoms with Gasteiger partial charge in [0.1, 0.15) is 0 Å². The molecule has 1 atom stereocenters. The number of hydrogen-bond donors (Lipinski definition) is 3. The maximum Gasteiger partial charge on any atom is 0.251 e. The van der Waals surface area contributed by atoms with Crippen molar-refractivity contribution < 1.29 is 9.53 Å². The number of carbonyl (C=O) groups is 1. The zero-order valence-electron chi connectivity index (χ0n) is 12.8. The third-order valence-corrected chi connectivity index (χ3v) is 2.77. The zero-order chi connectivity index (χ0) is 15.7. The Hall–Kier alpha value is -2.08. The summed E-state index contributed by atoms with van der Waals surface area (Å²) in [5.74, 6) is 0.283. The normalized spacial score (nSPS) is 12.8. The van der Waals surface area contributed by atoms with Crippen molar-refractivity contribution in [1.29, 1.82) is 0 Å². The third-order valence-electron chi connectivity index (χ3n) is 2.77. The van der Waals surface area contributed by atoms with Crippen LogP contribution in [0.1, 0.15) is 29.8 Å². The molecule has 21 heavy (non-hydrogen) atoms. The largest absolute Gasteiger partial charge is 0.383 e. The minimum Gasteiger partial charge on any atom is -0.383 e. The van der Waals surface area contributed by atoms with Crippen LogP contribution in [0.5, 0.6) is 0 Å². The van der Waals surface area contributed by atoms with Gasteiger partial charge in [-0.2, -0.15) is 0 Å². The molecule has 0 aliphatic heterocycles. The molecule has 6 nitrogen and oxygen atoms in total. The van der Waals surface area contributed by atoms with Crippen molar-refractivity contribution in [1.82, 2.24) is 10.6 Å². The summed E-state index contributed by atoms with van der Waals surface area (Å²) in [6.07, 6.45) is 0. The number of nitrogens with zero attached hydrogens (tertiary/aromatic N) is 1. The predicted octanol–water partition coefficient (Wildman–Crippen LogP) is 0.876. The van der Waals surface area contributed by atoms with E-state index >= 15 is 0 Å². The summed E-state index contributed by atoms with van der Waals surface area (Å²) in [6, 6.07) is 7.45. The molecule has 0 spiro atoms. The number of ether oxygens (including phenoxy) is 1. The van der Waals surface area contributed by atoms with Crippen molar-refractivity contribution in [2.24, 2.45) is 10.7 Å². The Labute approximate surface area is 125 Å². The summed E-state index contributed by atoms with van der Waals surface area (Å²) >= 11 is 0. The van der Waals surface area contributed by atoms with E-state index in [2.05, 4.69) is 15.6 Å². The first kappa shape index (κ1) is 17.0. The van der Waals surface area contributed by atoms with Gasteiger partial charge >= 0.3 is 0 Å². The minimum absolute atomic E-state index is 0.0804. The lowest BCUT2D eigenvalue weighted by molar-refractivity contribution is 0.0955. The maximum absolute atomic E-state index is 11.8. The first-order valence-corrected chi connectivity index (χ1v) is 6.99. The lowest BCUT2D eigenvalue weighted by Crippen LogP contribution is -2.40. The van der Waals surface area contributed by atoms with Crippen molar-refractivity contribution in [2.75, 3.05) is 20.3 Å². The van der Waals surface area contributed by atoms with E-state index in [4.69, 9.17) is 10.5 Å². The van der Waals surface area contributed by atoms with Crippen LogP contribution in [0.2, 0.25) is 0 Å². The van der Waals surface area contributed by atoms with Crippen molar-refractivity contribution in [2.45, 2.75) is 26.4 Å². The highest BCUT2D eigenvalue weighted by molar-refractivity contribution is 5.94. The molecule has 0 aromatic heterocycles. The van der Waals surface area contributed by atoms with Crippen molar-refractivity contribution in [3.05, 3.63) is 35.4 Å². The molecule has 1 rings (SSSR count). The van der Waals surface area contributed by atoms with Crippen LogP contribution in [0, 0.1) is 0 Å². The number of benzene rings is 1. The number of carbonyl (C=O) groups excluding carboxylic acids is 1. The fraction of sp³-hybridized carbons (Fsp3) is 0.467. The van der Waals surface area contributed by atoms with Crippen molar-refractivity contribution in [3.8, 4) is 0 Å². The van der Waals surface area contributed by atoms with E-state index in [1.165, 1.54) is 0 Å². The smallest absolute Gasteiger partial charge is 0.251 e. The molecule has 116 valence electrons. The number of hydrogen-bond acceptors (Lipinski definition) is 3. The molecule has 0 saturated heterocycles. The molecule has 4 N–H and O–H groups in total. The topological polar surface area (TPSA) is 88.7 Å². The summed E-state index contributed by atoms with van der Waals surface area (Å²) in [7, 11) is 1.64. The number of nitrogens with two attached hydrogens (primary N) is 1. The highest BCUT2D eigenvalue weighted by Gasteiger charge is 2.05. The van der Waals surface area contributed by atoms with Crippen LogP contribution >= 0.6 is 0 Å². The van der Waals surface area contributed by atoms with Gasteiger partial charge in [-0.1, -0.05) is 12.1 Å². The van der Waals surface area contributed by atoms with Crippen LogP contribution in [-0.4, -0.2) is 38.2 Å². The van der Waals surface area contributed by atoms with Crippen LogP contribution in [0.25, 0.3) is 0 Å². The van der Waals surface area contributed by atoms with Crippen LogP contribution in [0.4, 0.5) is 0 Å². The highest BCUT2D eigenvalue weighted by Crippen LogP contribution is 2.06. The number of amides is 1. The summed E-state index contributed by atoms with van der Waals surface area (Å²) < 4.78 is 5.01. The second kappa shape index (κ2) is 8.97. The van der Waals surface area contributed by atoms with E-state index in [1.54, 1.807) is 13.2 Å². The Morgan fingerprint density at radius 1 is 1.48 bits per heavy atom. The average molecular weight is 292 g/mol. The standard InChI is InChI=1S/C15H24N4O2/c1-4-17-14(20)13-7-5-6-12(8-13)9-18-15(16)19-11(2)10-21-3/h5-8,11H,4,9-10H2,1-3H3,(H,17,20)(H3,16,18,19). The molecular weight excluding hydrogens is 268 g/mol. The zero-order valence-corrected chi connectivity index (χ0v) is 12.8. The molecule has 0 fully saturated rings. The number of nitrogens with one attached hydrogen (secondary N) is 2.